The van der Waals surface area contributed by atoms with Gasteiger partial charge in [-0.1, -0.05) is 54.6 Å². The van der Waals surface area contributed by atoms with Crippen LogP contribution in [0.1, 0.15) is 11.1 Å². The van der Waals surface area contributed by atoms with Crippen LogP contribution in [0.25, 0.3) is 11.1 Å². The number of aryl methyl sites for hydroxylation is 2. The molecule has 134 valence electrons. The fourth-order valence-electron chi connectivity index (χ4n) is 3.01. The van der Waals surface area contributed by atoms with E-state index in [2.05, 4.69) is 12.1 Å². The highest BCUT2D eigenvalue weighted by Gasteiger charge is 2.17. The number of hydrogen-bond donors (Lipinski definition) is 4. The molecule has 26 heavy (non-hydrogen) atoms. The molecule has 3 aromatic carbocycles. The van der Waals surface area contributed by atoms with E-state index >= 15 is 0 Å². The van der Waals surface area contributed by atoms with Crippen molar-refractivity contribution in [2.75, 3.05) is 0 Å². The minimum Gasteiger partial charge on any atom is -0.595 e. The molecule has 0 aliphatic rings. The lowest BCUT2D eigenvalue weighted by atomic mass is 9.94. The summed E-state index contributed by atoms with van der Waals surface area (Å²) in [6.45, 7) is 0. The van der Waals surface area contributed by atoms with Gasteiger partial charge < -0.3 is 10.4 Å². The van der Waals surface area contributed by atoms with Gasteiger partial charge in [0.2, 0.25) is 0 Å². The molecule has 0 aromatic heterocycles. The fraction of sp³-hybridized carbons (Fsp3) is 0.100. The SMILES string of the molecule is [O-][NH+](O)c1ccc(-c2ccccc2CCc2ccccc2)c([NH+]([O-])O)c1. The first-order chi connectivity index (χ1) is 12.6. The number of benzene rings is 3. The van der Waals surface area contributed by atoms with E-state index in [-0.39, 0.29) is 11.4 Å². The van der Waals surface area contributed by atoms with Crippen molar-refractivity contribution in [2.24, 2.45) is 0 Å². The van der Waals surface area contributed by atoms with Crippen LogP contribution >= 0.6 is 0 Å². The molecule has 0 saturated carbocycles. The second-order valence-corrected chi connectivity index (χ2v) is 6.01. The van der Waals surface area contributed by atoms with Gasteiger partial charge in [0.15, 0.2) is 11.4 Å². The molecule has 2 unspecified atom stereocenters. The minimum atomic E-state index is -1.14. The highest BCUT2D eigenvalue weighted by molar-refractivity contribution is 5.77. The van der Waals surface area contributed by atoms with E-state index in [1.54, 1.807) is 6.07 Å². The summed E-state index contributed by atoms with van der Waals surface area (Å²) in [6, 6.07) is 22.0. The van der Waals surface area contributed by atoms with Gasteiger partial charge in [-0.2, -0.15) is 10.5 Å². The average molecular weight is 352 g/mol. The van der Waals surface area contributed by atoms with E-state index in [0.29, 0.717) is 5.56 Å². The molecule has 0 saturated heterocycles. The normalized spacial score (nSPS) is 13.4. The first kappa shape index (κ1) is 18.2. The van der Waals surface area contributed by atoms with E-state index in [4.69, 9.17) is 5.21 Å². The lowest BCUT2D eigenvalue weighted by Gasteiger charge is -2.20. The Balaban J connectivity index is 1.97. The van der Waals surface area contributed by atoms with Gasteiger partial charge in [0, 0.05) is 11.6 Å². The van der Waals surface area contributed by atoms with Crippen LogP contribution in [0.4, 0.5) is 11.4 Å². The molecule has 0 aliphatic heterocycles. The van der Waals surface area contributed by atoms with Gasteiger partial charge in [0.1, 0.15) is 0 Å². The van der Waals surface area contributed by atoms with E-state index < -0.39 is 10.5 Å². The highest BCUT2D eigenvalue weighted by atomic mass is 16.8. The monoisotopic (exact) mass is 352 g/mol. The summed E-state index contributed by atoms with van der Waals surface area (Å²) < 4.78 is 0. The Morgan fingerprint density at radius 1 is 0.692 bits per heavy atom. The quantitative estimate of drug-likeness (QED) is 0.510. The maximum atomic E-state index is 11.7. The minimum absolute atomic E-state index is 0.00272. The molecule has 0 fully saturated rings. The van der Waals surface area contributed by atoms with Crippen molar-refractivity contribution in [3.05, 3.63) is 94.3 Å². The Labute approximate surface area is 151 Å². The molecule has 0 spiro atoms. The van der Waals surface area contributed by atoms with Gasteiger partial charge >= 0.3 is 0 Å². The summed E-state index contributed by atoms with van der Waals surface area (Å²) >= 11 is 0. The summed E-state index contributed by atoms with van der Waals surface area (Å²) in [5.74, 6) is 0. The summed E-state index contributed by atoms with van der Waals surface area (Å²) in [5, 5.41) is 39.2. The topological polar surface area (TPSA) is 95.5 Å². The highest BCUT2D eigenvalue weighted by Crippen LogP contribution is 2.30. The third kappa shape index (κ3) is 4.14. The van der Waals surface area contributed by atoms with Gasteiger partial charge in [-0.05, 0) is 35.6 Å². The summed E-state index contributed by atoms with van der Waals surface area (Å²) in [6.07, 6.45) is 1.60. The fourth-order valence-corrected chi connectivity index (χ4v) is 3.01. The van der Waals surface area contributed by atoms with Crippen LogP contribution in [0, 0.1) is 10.4 Å². The Bertz CT molecular complexity index is 867. The summed E-state index contributed by atoms with van der Waals surface area (Å²) in [5.41, 5.74) is 3.55. The van der Waals surface area contributed by atoms with Gasteiger partial charge in [-0.3, -0.25) is 0 Å². The first-order valence-corrected chi connectivity index (χ1v) is 8.29. The van der Waals surface area contributed by atoms with Gasteiger partial charge in [-0.15, -0.1) is 0 Å². The average Bonchev–Trinajstić information content (AvgIpc) is 2.67. The van der Waals surface area contributed by atoms with E-state index in [9.17, 15) is 15.6 Å². The second kappa shape index (κ2) is 8.20. The van der Waals surface area contributed by atoms with Crippen molar-refractivity contribution in [3.8, 4) is 11.1 Å². The van der Waals surface area contributed by atoms with Crippen molar-refractivity contribution >= 4 is 11.4 Å². The lowest BCUT2D eigenvalue weighted by Crippen LogP contribution is -3.00. The Morgan fingerprint density at radius 2 is 1.38 bits per heavy atom. The summed E-state index contributed by atoms with van der Waals surface area (Å²) in [4.78, 5) is 0. The maximum absolute atomic E-state index is 11.7. The van der Waals surface area contributed by atoms with E-state index in [1.165, 1.54) is 17.7 Å². The van der Waals surface area contributed by atoms with Crippen LogP contribution in [-0.2, 0) is 12.8 Å². The molecule has 0 heterocycles. The van der Waals surface area contributed by atoms with Crippen molar-refractivity contribution in [1.82, 2.24) is 0 Å². The molecule has 2 atom stereocenters. The molecule has 0 aliphatic carbocycles. The van der Waals surface area contributed by atoms with E-state index in [1.807, 2.05) is 42.5 Å². The Morgan fingerprint density at radius 3 is 2.08 bits per heavy atom. The number of nitrogens with one attached hydrogen (secondary N) is 2. The smallest absolute Gasteiger partial charge is 0.177 e. The molecule has 0 bridgehead atoms. The molecule has 6 nitrogen and oxygen atoms in total. The zero-order valence-corrected chi connectivity index (χ0v) is 14.1. The van der Waals surface area contributed by atoms with Crippen LogP contribution in [0.5, 0.6) is 0 Å². The van der Waals surface area contributed by atoms with Crippen LogP contribution in [-0.4, -0.2) is 10.4 Å². The standard InChI is InChI=1S/C20H20N2O4/c23-21(24)17-12-13-19(20(14-17)22(25)26)18-9-5-4-8-16(18)11-10-15-6-2-1-3-7-15/h1-9,12-14,21-23,25H,10-11H2. The third-order valence-corrected chi connectivity index (χ3v) is 4.33. The zero-order valence-electron chi connectivity index (χ0n) is 14.1. The third-order valence-electron chi connectivity index (χ3n) is 4.33. The maximum Gasteiger partial charge on any atom is 0.177 e. The molecular weight excluding hydrogens is 332 g/mol. The van der Waals surface area contributed by atoms with Crippen molar-refractivity contribution < 1.29 is 20.9 Å². The Hall–Kier alpha value is -2.58. The Kier molecular flexibility index (Phi) is 5.75. The predicted molar refractivity (Wildman–Crippen MR) is 97.3 cm³/mol. The molecule has 6 heteroatoms. The predicted octanol–water partition coefficient (Wildman–Crippen LogP) is 1.95. The zero-order chi connectivity index (χ0) is 18.5. The van der Waals surface area contributed by atoms with Crippen LogP contribution in [0.3, 0.4) is 0 Å². The summed E-state index contributed by atoms with van der Waals surface area (Å²) in [7, 11) is 0. The molecule has 3 rings (SSSR count). The van der Waals surface area contributed by atoms with Crippen molar-refractivity contribution in [2.45, 2.75) is 12.8 Å². The van der Waals surface area contributed by atoms with Gasteiger partial charge in [-0.25, -0.2) is 10.4 Å². The van der Waals surface area contributed by atoms with Gasteiger partial charge in [0.05, 0.1) is 6.07 Å². The molecular formula is C20H20N2O4. The number of hydrogen-bond acceptors (Lipinski definition) is 4. The lowest BCUT2D eigenvalue weighted by molar-refractivity contribution is -0.996. The number of quaternary nitrogens is 2. The van der Waals surface area contributed by atoms with Crippen LogP contribution in [0.15, 0.2) is 72.8 Å². The van der Waals surface area contributed by atoms with Crippen LogP contribution < -0.4 is 10.5 Å². The number of rotatable bonds is 6. The largest absolute Gasteiger partial charge is 0.595 e. The van der Waals surface area contributed by atoms with Crippen molar-refractivity contribution in [1.29, 1.82) is 0 Å². The van der Waals surface area contributed by atoms with Crippen molar-refractivity contribution in [3.63, 3.8) is 0 Å². The molecule has 4 N–H and O–H groups in total. The first-order valence-electron chi connectivity index (χ1n) is 8.29. The molecule has 3 aromatic rings. The van der Waals surface area contributed by atoms with E-state index in [0.717, 1.165) is 24.0 Å². The van der Waals surface area contributed by atoms with Gasteiger partial charge in [0.25, 0.3) is 0 Å². The second-order valence-electron chi connectivity index (χ2n) is 6.01. The molecule has 0 radical (unpaired) electrons. The van der Waals surface area contributed by atoms with Crippen LogP contribution in [0.2, 0.25) is 0 Å². The molecule has 0 amide bonds.